The molecule has 3 rings (SSSR count). The number of hydrogen-bond acceptors (Lipinski definition) is 2. The Balaban J connectivity index is 1.99. The van der Waals surface area contributed by atoms with E-state index in [0.29, 0.717) is 19.1 Å². The van der Waals surface area contributed by atoms with Gasteiger partial charge in [-0.15, -0.1) is 0 Å². The van der Waals surface area contributed by atoms with E-state index in [9.17, 15) is 4.79 Å². The smallest absolute Gasteiger partial charge is 0.187 e. The molecule has 0 bridgehead atoms. The molecule has 1 heterocycles. The molecular weight excluding hydrogens is 318 g/mol. The highest BCUT2D eigenvalue weighted by Gasteiger charge is 2.27. The Morgan fingerprint density at radius 2 is 1.31 bits per heavy atom. The summed E-state index contributed by atoms with van der Waals surface area (Å²) in [5, 5.41) is 0. The number of carbonyl (C=O) groups is 1. The van der Waals surface area contributed by atoms with Crippen molar-refractivity contribution in [3.8, 4) is 0 Å². The first kappa shape index (κ1) is 18.3. The molecule has 1 saturated heterocycles. The quantitative estimate of drug-likeness (QED) is 0.724. The number of Topliss-reactive ketones (excluding diaryl/α,β-unsaturated/α-hetero) is 1. The summed E-state index contributed by atoms with van der Waals surface area (Å²) in [6.45, 7) is 9.93. The molecule has 0 spiro atoms. The van der Waals surface area contributed by atoms with Crippen molar-refractivity contribution in [2.75, 3.05) is 13.1 Å². The zero-order valence-corrected chi connectivity index (χ0v) is 16.1. The normalized spacial score (nSPS) is 18.9. The summed E-state index contributed by atoms with van der Waals surface area (Å²) in [4.78, 5) is 15.5. The van der Waals surface area contributed by atoms with Gasteiger partial charge < -0.3 is 0 Å². The zero-order valence-electron chi connectivity index (χ0n) is 16.1. The van der Waals surface area contributed by atoms with Gasteiger partial charge >= 0.3 is 0 Å². The van der Waals surface area contributed by atoms with Crippen LogP contribution in [-0.4, -0.2) is 29.8 Å². The number of nitrogens with zero attached hydrogens (tertiary/aromatic N) is 1. The maximum absolute atomic E-state index is 13.1. The molecule has 2 heteroatoms. The highest BCUT2D eigenvalue weighted by Crippen LogP contribution is 2.24. The fraction of sp³-hybridized carbons (Fsp3) is 0.292. The van der Waals surface area contributed by atoms with Crippen LogP contribution in [0.2, 0.25) is 0 Å². The number of ketones is 1. The summed E-state index contributed by atoms with van der Waals surface area (Å²) >= 11 is 0. The number of aryl methyl sites for hydroxylation is 2. The zero-order chi connectivity index (χ0) is 18.7. The highest BCUT2D eigenvalue weighted by atomic mass is 16.1. The molecule has 0 saturated carbocycles. The third kappa shape index (κ3) is 4.39. The van der Waals surface area contributed by atoms with Crippen LogP contribution in [0.5, 0.6) is 0 Å². The second-order valence-corrected chi connectivity index (χ2v) is 7.50. The predicted molar refractivity (Wildman–Crippen MR) is 110 cm³/mol. The van der Waals surface area contributed by atoms with Crippen LogP contribution in [0.3, 0.4) is 0 Å². The second kappa shape index (κ2) is 7.84. The molecule has 0 amide bonds. The van der Waals surface area contributed by atoms with Crippen molar-refractivity contribution in [1.29, 1.82) is 0 Å². The van der Waals surface area contributed by atoms with E-state index in [2.05, 4.69) is 69.0 Å². The van der Waals surface area contributed by atoms with Crippen LogP contribution in [0, 0.1) is 13.8 Å². The van der Waals surface area contributed by atoms with Crippen LogP contribution in [0.25, 0.3) is 12.2 Å². The first-order valence-electron chi connectivity index (χ1n) is 9.25. The maximum atomic E-state index is 13.1. The molecule has 0 N–H and O–H groups in total. The topological polar surface area (TPSA) is 20.3 Å². The number of rotatable bonds is 3. The Kier molecular flexibility index (Phi) is 5.53. The minimum absolute atomic E-state index is 0.171. The van der Waals surface area contributed by atoms with Gasteiger partial charge in [0.25, 0.3) is 0 Å². The average Bonchev–Trinajstić information content (AvgIpc) is 2.58. The van der Waals surface area contributed by atoms with E-state index in [1.807, 2.05) is 24.3 Å². The van der Waals surface area contributed by atoms with E-state index in [4.69, 9.17) is 0 Å². The maximum Gasteiger partial charge on any atom is 0.187 e. The van der Waals surface area contributed by atoms with Crippen LogP contribution >= 0.6 is 0 Å². The molecule has 0 atom stereocenters. The Bertz CT molecular complexity index is 806. The molecule has 26 heavy (non-hydrogen) atoms. The van der Waals surface area contributed by atoms with Gasteiger partial charge in [0, 0.05) is 30.3 Å². The first-order chi connectivity index (χ1) is 12.4. The lowest BCUT2D eigenvalue weighted by Crippen LogP contribution is -2.41. The van der Waals surface area contributed by atoms with Gasteiger partial charge in [0.15, 0.2) is 5.78 Å². The van der Waals surface area contributed by atoms with E-state index >= 15 is 0 Å². The molecule has 0 aliphatic carbocycles. The first-order valence-corrected chi connectivity index (χ1v) is 9.25. The van der Waals surface area contributed by atoms with Gasteiger partial charge in [0.05, 0.1) is 0 Å². The summed E-state index contributed by atoms with van der Waals surface area (Å²) in [6.07, 6.45) is 4.10. The van der Waals surface area contributed by atoms with Crippen molar-refractivity contribution < 1.29 is 4.79 Å². The second-order valence-electron chi connectivity index (χ2n) is 7.50. The summed E-state index contributed by atoms with van der Waals surface area (Å²) in [5.74, 6) is 0.171. The lowest BCUT2D eigenvalue weighted by molar-refractivity contribution is -0.113. The van der Waals surface area contributed by atoms with Crippen molar-refractivity contribution in [2.45, 2.75) is 33.7 Å². The van der Waals surface area contributed by atoms with Gasteiger partial charge in [0.2, 0.25) is 0 Å². The molecule has 2 aromatic carbocycles. The Labute approximate surface area is 156 Å². The number of carbonyl (C=O) groups excluding carboxylic acids is 1. The molecule has 1 fully saturated rings. The lowest BCUT2D eigenvalue weighted by Gasteiger charge is -2.32. The Hall–Kier alpha value is -2.45. The molecule has 134 valence electrons. The van der Waals surface area contributed by atoms with Gasteiger partial charge in [-0.2, -0.15) is 0 Å². The summed E-state index contributed by atoms with van der Waals surface area (Å²) in [7, 11) is 0. The largest absolute Gasteiger partial charge is 0.292 e. The van der Waals surface area contributed by atoms with Gasteiger partial charge in [-0.3, -0.25) is 9.69 Å². The van der Waals surface area contributed by atoms with Crippen molar-refractivity contribution in [3.05, 3.63) is 81.9 Å². The molecule has 0 aromatic heterocycles. The van der Waals surface area contributed by atoms with Crippen LogP contribution in [-0.2, 0) is 4.79 Å². The number of likely N-dealkylation sites (tertiary alicyclic amines) is 1. The van der Waals surface area contributed by atoms with Crippen LogP contribution in [0.1, 0.15) is 36.1 Å². The fourth-order valence-corrected chi connectivity index (χ4v) is 3.35. The minimum atomic E-state index is 0.171. The van der Waals surface area contributed by atoms with Gasteiger partial charge in [-0.05, 0) is 51.0 Å². The minimum Gasteiger partial charge on any atom is -0.292 e. The summed E-state index contributed by atoms with van der Waals surface area (Å²) in [5.41, 5.74) is 6.34. The lowest BCUT2D eigenvalue weighted by atomic mass is 9.93. The SMILES string of the molecule is Cc1cccc(C=C2CN(C(C)C)CC(=Cc3cccc(C)c3)C2=O)c1. The van der Waals surface area contributed by atoms with Crippen LogP contribution in [0.4, 0.5) is 0 Å². The van der Waals surface area contributed by atoms with Crippen LogP contribution in [0.15, 0.2) is 59.7 Å². The number of piperidine rings is 1. The molecule has 0 unspecified atom stereocenters. The van der Waals surface area contributed by atoms with Gasteiger partial charge in [-0.1, -0.05) is 59.7 Å². The molecule has 0 radical (unpaired) electrons. The molecule has 1 aliphatic rings. The summed E-state index contributed by atoms with van der Waals surface area (Å²) in [6, 6.07) is 17.0. The monoisotopic (exact) mass is 345 g/mol. The average molecular weight is 345 g/mol. The summed E-state index contributed by atoms with van der Waals surface area (Å²) < 4.78 is 0. The highest BCUT2D eigenvalue weighted by molar-refractivity contribution is 6.14. The molecule has 2 aromatic rings. The van der Waals surface area contributed by atoms with Gasteiger partial charge in [0.1, 0.15) is 0 Å². The number of benzene rings is 2. The molecule has 2 nitrogen and oxygen atoms in total. The van der Waals surface area contributed by atoms with Crippen molar-refractivity contribution in [3.63, 3.8) is 0 Å². The molecule has 1 aliphatic heterocycles. The Morgan fingerprint density at radius 1 is 0.846 bits per heavy atom. The third-order valence-corrected chi connectivity index (χ3v) is 4.83. The van der Waals surface area contributed by atoms with Crippen molar-refractivity contribution >= 4 is 17.9 Å². The fourth-order valence-electron chi connectivity index (χ4n) is 3.35. The standard InChI is InChI=1S/C24H27NO/c1-17(2)25-15-22(13-20-9-5-7-18(3)11-20)24(26)23(16-25)14-21-10-6-8-19(4)12-21/h5-14,17H,15-16H2,1-4H3. The van der Waals surface area contributed by atoms with E-state index < -0.39 is 0 Å². The third-order valence-electron chi connectivity index (χ3n) is 4.83. The van der Waals surface area contributed by atoms with Crippen molar-refractivity contribution in [1.82, 2.24) is 4.90 Å². The van der Waals surface area contributed by atoms with Crippen molar-refractivity contribution in [2.24, 2.45) is 0 Å². The van der Waals surface area contributed by atoms with E-state index in [1.54, 1.807) is 0 Å². The Morgan fingerprint density at radius 3 is 1.69 bits per heavy atom. The van der Waals surface area contributed by atoms with Crippen LogP contribution < -0.4 is 0 Å². The van der Waals surface area contributed by atoms with E-state index in [-0.39, 0.29) is 5.78 Å². The predicted octanol–water partition coefficient (Wildman–Crippen LogP) is 5.06. The molecular formula is C24H27NO. The van der Waals surface area contributed by atoms with E-state index in [0.717, 1.165) is 22.3 Å². The van der Waals surface area contributed by atoms with Gasteiger partial charge in [-0.25, -0.2) is 0 Å². The number of hydrogen-bond donors (Lipinski definition) is 0. The van der Waals surface area contributed by atoms with E-state index in [1.165, 1.54) is 11.1 Å².